The van der Waals surface area contributed by atoms with E-state index in [9.17, 15) is 9.90 Å². The summed E-state index contributed by atoms with van der Waals surface area (Å²) in [6, 6.07) is 5.99. The predicted octanol–water partition coefficient (Wildman–Crippen LogP) is 3.48. The van der Waals surface area contributed by atoms with E-state index in [-0.39, 0.29) is 12.5 Å². The van der Waals surface area contributed by atoms with Crippen molar-refractivity contribution in [1.29, 1.82) is 0 Å². The third-order valence-electron chi connectivity index (χ3n) is 6.23. The van der Waals surface area contributed by atoms with Crippen LogP contribution in [0.25, 0.3) is 0 Å². The molecule has 2 heterocycles. The Hall–Kier alpha value is -1.96. The molecular formula is C23H31N3O3S. The van der Waals surface area contributed by atoms with Gasteiger partial charge in [0.25, 0.3) is 0 Å². The predicted molar refractivity (Wildman–Crippen MR) is 119 cm³/mol. The topological polar surface area (TPSA) is 74.7 Å². The lowest BCUT2D eigenvalue weighted by Gasteiger charge is -2.37. The highest BCUT2D eigenvalue weighted by molar-refractivity contribution is 7.15. The number of ether oxygens (including phenoxy) is 1. The van der Waals surface area contributed by atoms with Crippen LogP contribution in [0.15, 0.2) is 18.2 Å². The van der Waals surface area contributed by atoms with Crippen LogP contribution in [0.5, 0.6) is 5.75 Å². The molecular weight excluding hydrogens is 398 g/mol. The van der Waals surface area contributed by atoms with Gasteiger partial charge in [-0.05, 0) is 75.6 Å². The Morgan fingerprint density at radius 2 is 2.00 bits per heavy atom. The number of amides is 1. The number of piperidine rings is 1. The van der Waals surface area contributed by atoms with Crippen molar-refractivity contribution >= 4 is 22.4 Å². The second kappa shape index (κ2) is 9.04. The molecule has 2 aliphatic rings. The first-order valence-electron chi connectivity index (χ1n) is 10.8. The molecule has 0 unspecified atom stereocenters. The van der Waals surface area contributed by atoms with Gasteiger partial charge in [0.2, 0.25) is 5.91 Å². The average Bonchev–Trinajstić information content (AvgIpc) is 3.13. The highest BCUT2D eigenvalue weighted by Crippen LogP contribution is 2.30. The van der Waals surface area contributed by atoms with Crippen molar-refractivity contribution < 1.29 is 14.6 Å². The first kappa shape index (κ1) is 21.3. The summed E-state index contributed by atoms with van der Waals surface area (Å²) < 4.78 is 5.86. The van der Waals surface area contributed by atoms with Gasteiger partial charge in [0, 0.05) is 18.0 Å². The second-order valence-corrected chi connectivity index (χ2v) is 9.76. The second-order valence-electron chi connectivity index (χ2n) is 8.68. The fraction of sp³-hybridized carbons (Fsp3) is 0.565. The lowest BCUT2D eigenvalue weighted by molar-refractivity contribution is -0.119. The molecule has 6 nitrogen and oxygen atoms in total. The SMILES string of the molecule is Cc1ccc(OCC2(O)CCN(CC(=O)Nc3nc4c(s3)CCCC4)CC2)cc1C. The zero-order chi connectivity index (χ0) is 21.1. The third-order valence-corrected chi connectivity index (χ3v) is 7.30. The van der Waals surface area contributed by atoms with Gasteiger partial charge in [0.15, 0.2) is 5.13 Å². The van der Waals surface area contributed by atoms with Gasteiger partial charge < -0.3 is 15.2 Å². The summed E-state index contributed by atoms with van der Waals surface area (Å²) in [5, 5.41) is 14.6. The number of nitrogens with zero attached hydrogens (tertiary/aromatic N) is 2. The van der Waals surface area contributed by atoms with Gasteiger partial charge in [-0.1, -0.05) is 6.07 Å². The standard InChI is InChI=1S/C23H31N3O3S/c1-16-7-8-18(13-17(16)2)29-15-23(28)9-11-26(12-10-23)14-21(27)25-22-24-19-5-3-4-6-20(19)30-22/h7-8,13,28H,3-6,9-12,14-15H2,1-2H3,(H,24,25,27). The number of nitrogens with one attached hydrogen (secondary N) is 1. The minimum atomic E-state index is -0.847. The lowest BCUT2D eigenvalue weighted by atomic mass is 9.92. The largest absolute Gasteiger partial charge is 0.491 e. The number of hydrogen-bond acceptors (Lipinski definition) is 6. The van der Waals surface area contributed by atoms with Gasteiger partial charge in [-0.3, -0.25) is 9.69 Å². The van der Waals surface area contributed by atoms with E-state index in [2.05, 4.69) is 29.0 Å². The molecule has 2 aromatic rings. The fourth-order valence-corrected chi connectivity index (χ4v) is 5.13. The smallest absolute Gasteiger partial charge is 0.240 e. The van der Waals surface area contributed by atoms with E-state index in [1.807, 2.05) is 18.2 Å². The van der Waals surface area contributed by atoms with Gasteiger partial charge in [-0.2, -0.15) is 0 Å². The van der Waals surface area contributed by atoms with Gasteiger partial charge in [0.05, 0.1) is 12.2 Å². The molecule has 1 aliphatic heterocycles. The van der Waals surface area contributed by atoms with Crippen LogP contribution in [-0.2, 0) is 17.6 Å². The number of fused-ring (bicyclic) bond motifs is 1. The van der Waals surface area contributed by atoms with Crippen molar-refractivity contribution in [2.75, 3.05) is 31.6 Å². The Labute approximate surface area is 182 Å². The molecule has 1 aromatic heterocycles. The number of aliphatic hydroxyl groups is 1. The van der Waals surface area contributed by atoms with Crippen LogP contribution in [0, 0.1) is 13.8 Å². The molecule has 2 N–H and O–H groups in total. The number of anilines is 1. The van der Waals surface area contributed by atoms with Crippen molar-refractivity contribution in [3.8, 4) is 5.75 Å². The molecule has 1 fully saturated rings. The Morgan fingerprint density at radius 3 is 2.73 bits per heavy atom. The highest BCUT2D eigenvalue weighted by atomic mass is 32.1. The molecule has 7 heteroatoms. The Balaban J connectivity index is 1.23. The Bertz CT molecular complexity index is 880. The van der Waals surface area contributed by atoms with Gasteiger partial charge >= 0.3 is 0 Å². The van der Waals surface area contributed by atoms with Crippen molar-refractivity contribution in [2.24, 2.45) is 0 Å². The maximum absolute atomic E-state index is 12.5. The van der Waals surface area contributed by atoms with Crippen molar-refractivity contribution in [1.82, 2.24) is 9.88 Å². The molecule has 0 saturated carbocycles. The van der Waals surface area contributed by atoms with Crippen LogP contribution in [0.4, 0.5) is 5.13 Å². The van der Waals surface area contributed by atoms with E-state index in [1.165, 1.54) is 28.8 Å². The molecule has 1 aromatic carbocycles. The molecule has 0 bridgehead atoms. The summed E-state index contributed by atoms with van der Waals surface area (Å²) in [7, 11) is 0. The minimum Gasteiger partial charge on any atom is -0.491 e. The molecule has 1 amide bonds. The summed E-state index contributed by atoms with van der Waals surface area (Å²) in [4.78, 5) is 20.4. The quantitative estimate of drug-likeness (QED) is 0.735. The number of hydrogen-bond donors (Lipinski definition) is 2. The Kier molecular flexibility index (Phi) is 6.41. The molecule has 1 saturated heterocycles. The van der Waals surface area contributed by atoms with Crippen LogP contribution in [0.3, 0.4) is 0 Å². The molecule has 30 heavy (non-hydrogen) atoms. The van der Waals surface area contributed by atoms with Crippen LogP contribution < -0.4 is 10.1 Å². The van der Waals surface area contributed by atoms with Gasteiger partial charge in [-0.25, -0.2) is 4.98 Å². The molecule has 162 valence electrons. The van der Waals surface area contributed by atoms with Crippen LogP contribution in [0.1, 0.15) is 47.4 Å². The van der Waals surface area contributed by atoms with E-state index in [1.54, 1.807) is 11.3 Å². The number of likely N-dealkylation sites (tertiary alicyclic amines) is 1. The van der Waals surface area contributed by atoms with Crippen molar-refractivity contribution in [2.45, 2.75) is 58.0 Å². The van der Waals surface area contributed by atoms with Crippen molar-refractivity contribution in [3.05, 3.63) is 39.9 Å². The van der Waals surface area contributed by atoms with E-state index >= 15 is 0 Å². The maximum atomic E-state index is 12.5. The normalized spacial score (nSPS) is 18.6. The molecule has 0 spiro atoms. The lowest BCUT2D eigenvalue weighted by Crippen LogP contribution is -2.49. The highest BCUT2D eigenvalue weighted by Gasteiger charge is 2.33. The summed E-state index contributed by atoms with van der Waals surface area (Å²) in [6.07, 6.45) is 5.70. The van der Waals surface area contributed by atoms with E-state index < -0.39 is 5.60 Å². The van der Waals surface area contributed by atoms with Gasteiger partial charge in [0.1, 0.15) is 18.0 Å². The summed E-state index contributed by atoms with van der Waals surface area (Å²) in [6.45, 7) is 6.09. The Morgan fingerprint density at radius 1 is 1.23 bits per heavy atom. The van der Waals surface area contributed by atoms with Crippen LogP contribution in [0.2, 0.25) is 0 Å². The van der Waals surface area contributed by atoms with E-state index in [0.717, 1.165) is 29.4 Å². The average molecular weight is 430 g/mol. The maximum Gasteiger partial charge on any atom is 0.240 e. The van der Waals surface area contributed by atoms with Crippen molar-refractivity contribution in [3.63, 3.8) is 0 Å². The van der Waals surface area contributed by atoms with Gasteiger partial charge in [-0.15, -0.1) is 11.3 Å². The number of aryl methyl sites for hydroxylation is 4. The number of thiazole rings is 1. The summed E-state index contributed by atoms with van der Waals surface area (Å²) in [5.41, 5.74) is 2.72. The monoisotopic (exact) mass is 429 g/mol. The number of aromatic nitrogens is 1. The zero-order valence-corrected chi connectivity index (χ0v) is 18.7. The molecule has 1 aliphatic carbocycles. The number of benzene rings is 1. The fourth-order valence-electron chi connectivity index (χ4n) is 4.06. The number of carbonyl (C=O) groups is 1. The first-order chi connectivity index (χ1) is 14.4. The minimum absolute atomic E-state index is 0.0297. The van der Waals surface area contributed by atoms with E-state index in [4.69, 9.17) is 4.74 Å². The van der Waals surface area contributed by atoms with Crippen LogP contribution >= 0.6 is 11.3 Å². The van der Waals surface area contributed by atoms with Crippen LogP contribution in [-0.4, -0.2) is 52.7 Å². The third kappa shape index (κ3) is 5.20. The summed E-state index contributed by atoms with van der Waals surface area (Å²) >= 11 is 1.61. The molecule has 0 radical (unpaired) electrons. The summed E-state index contributed by atoms with van der Waals surface area (Å²) in [5.74, 6) is 0.761. The molecule has 0 atom stereocenters. The van der Waals surface area contributed by atoms with E-state index in [0.29, 0.717) is 32.5 Å². The zero-order valence-electron chi connectivity index (χ0n) is 17.9. The molecule has 4 rings (SSSR count). The first-order valence-corrected chi connectivity index (χ1v) is 11.7. The number of rotatable bonds is 6. The number of carbonyl (C=O) groups excluding carboxylic acids is 1.